The minimum Gasteiger partial charge on any atom is -0.434 e. The quantitative estimate of drug-likeness (QED) is 0.723. The van der Waals surface area contributed by atoms with Crippen LogP contribution < -0.4 is 10.1 Å². The summed E-state index contributed by atoms with van der Waals surface area (Å²) in [6.07, 6.45) is 5.68. The third-order valence-corrected chi connectivity index (χ3v) is 6.49. The monoisotopic (exact) mass is 404 g/mol. The van der Waals surface area contributed by atoms with Crippen molar-refractivity contribution >= 4 is 0 Å². The molecule has 3 fully saturated rings. The Kier molecular flexibility index (Phi) is 5.26. The summed E-state index contributed by atoms with van der Waals surface area (Å²) in [7, 11) is 0. The summed E-state index contributed by atoms with van der Waals surface area (Å²) in [5.41, 5.74) is 1.95. The number of nitrogens with zero attached hydrogens (tertiary/aromatic N) is 1. The highest BCUT2D eigenvalue weighted by atomic mass is 19.3. The van der Waals surface area contributed by atoms with Crippen LogP contribution in [0.4, 0.5) is 8.78 Å². The summed E-state index contributed by atoms with van der Waals surface area (Å²) < 4.78 is 42.4. The number of nitrogens with one attached hydrogen (secondary N) is 1. The average Bonchev–Trinajstić information content (AvgIpc) is 3.30. The third kappa shape index (κ3) is 4.03. The first-order chi connectivity index (χ1) is 14.2. The van der Waals surface area contributed by atoms with Crippen molar-refractivity contribution in [2.24, 2.45) is 11.8 Å². The van der Waals surface area contributed by atoms with Crippen molar-refractivity contribution in [3.05, 3.63) is 35.6 Å². The molecule has 5 nitrogen and oxygen atoms in total. The van der Waals surface area contributed by atoms with Crippen molar-refractivity contribution in [3.63, 3.8) is 0 Å². The number of ether oxygens (including phenoxy) is 2. The average molecular weight is 404 g/mol. The van der Waals surface area contributed by atoms with Crippen molar-refractivity contribution in [2.75, 3.05) is 13.1 Å². The van der Waals surface area contributed by atoms with E-state index in [0.29, 0.717) is 29.7 Å². The molecule has 1 aromatic heterocycles. The van der Waals surface area contributed by atoms with E-state index < -0.39 is 6.61 Å². The minimum absolute atomic E-state index is 0.108. The molecule has 2 aliphatic carbocycles. The molecule has 0 radical (unpaired) electrons. The molecule has 0 unspecified atom stereocenters. The fourth-order valence-electron chi connectivity index (χ4n) is 4.81. The van der Waals surface area contributed by atoms with Crippen molar-refractivity contribution in [1.82, 2.24) is 10.5 Å². The molecule has 29 heavy (non-hydrogen) atoms. The van der Waals surface area contributed by atoms with E-state index in [1.165, 1.54) is 12.5 Å². The van der Waals surface area contributed by atoms with Crippen LogP contribution >= 0.6 is 0 Å². The van der Waals surface area contributed by atoms with E-state index in [-0.39, 0.29) is 11.9 Å². The Hall–Kier alpha value is -1.99. The van der Waals surface area contributed by atoms with Gasteiger partial charge in [-0.1, -0.05) is 17.3 Å². The summed E-state index contributed by atoms with van der Waals surface area (Å²) in [5, 5.41) is 7.73. The van der Waals surface area contributed by atoms with Crippen LogP contribution in [0.5, 0.6) is 5.75 Å². The molecule has 156 valence electrons. The van der Waals surface area contributed by atoms with Crippen LogP contribution in [-0.2, 0) is 11.3 Å². The van der Waals surface area contributed by atoms with E-state index in [4.69, 9.17) is 14.0 Å². The predicted octanol–water partition coefficient (Wildman–Crippen LogP) is 4.73. The number of aromatic nitrogens is 1. The van der Waals surface area contributed by atoms with Crippen LogP contribution in [0.25, 0.3) is 11.3 Å². The molecular formula is C22H26F2N2O3. The summed E-state index contributed by atoms with van der Waals surface area (Å²) in [5.74, 6) is 2.77. The zero-order valence-corrected chi connectivity index (χ0v) is 16.3. The highest BCUT2D eigenvalue weighted by molar-refractivity contribution is 5.70. The number of hydrogen-bond acceptors (Lipinski definition) is 5. The Morgan fingerprint density at radius 3 is 2.76 bits per heavy atom. The van der Waals surface area contributed by atoms with Gasteiger partial charge in [-0.25, -0.2) is 0 Å². The molecule has 1 saturated heterocycles. The topological polar surface area (TPSA) is 56.5 Å². The highest BCUT2D eigenvalue weighted by Gasteiger charge is 2.36. The molecular weight excluding hydrogens is 378 g/mol. The first-order valence-electron chi connectivity index (χ1n) is 10.5. The minimum atomic E-state index is -2.89. The molecule has 1 aliphatic heterocycles. The van der Waals surface area contributed by atoms with Gasteiger partial charge in [0.2, 0.25) is 0 Å². The summed E-state index contributed by atoms with van der Waals surface area (Å²) in [4.78, 5) is 0. The zero-order valence-electron chi connectivity index (χ0n) is 16.3. The second-order valence-corrected chi connectivity index (χ2v) is 8.45. The number of benzene rings is 1. The van der Waals surface area contributed by atoms with Gasteiger partial charge in [-0.3, -0.25) is 0 Å². The van der Waals surface area contributed by atoms with E-state index in [9.17, 15) is 8.78 Å². The lowest BCUT2D eigenvalue weighted by Gasteiger charge is -2.31. The van der Waals surface area contributed by atoms with Gasteiger partial charge < -0.3 is 19.3 Å². The normalized spacial score (nSPS) is 26.7. The van der Waals surface area contributed by atoms with Gasteiger partial charge in [0, 0.05) is 17.0 Å². The molecule has 5 rings (SSSR count). The Morgan fingerprint density at radius 1 is 1.10 bits per heavy atom. The molecule has 0 amide bonds. The van der Waals surface area contributed by atoms with Crippen LogP contribution in [0.1, 0.15) is 49.3 Å². The summed E-state index contributed by atoms with van der Waals surface area (Å²) >= 11 is 0. The lowest BCUT2D eigenvalue weighted by Crippen LogP contribution is -2.28. The van der Waals surface area contributed by atoms with Crippen LogP contribution in [-0.4, -0.2) is 31.0 Å². The molecule has 1 aromatic carbocycles. The number of para-hydroxylation sites is 1. The zero-order chi connectivity index (χ0) is 19.8. The van der Waals surface area contributed by atoms with Crippen molar-refractivity contribution in [2.45, 2.75) is 57.3 Å². The smallest absolute Gasteiger partial charge is 0.387 e. The first-order valence-corrected chi connectivity index (χ1v) is 10.5. The number of rotatable bonds is 7. The van der Waals surface area contributed by atoms with Crippen molar-refractivity contribution < 1.29 is 22.8 Å². The van der Waals surface area contributed by atoms with Crippen molar-refractivity contribution in [1.29, 1.82) is 0 Å². The van der Waals surface area contributed by atoms with Gasteiger partial charge in [-0.2, -0.15) is 8.78 Å². The molecule has 1 N–H and O–H groups in total. The number of alkyl halides is 2. The number of halogens is 2. The van der Waals surface area contributed by atoms with E-state index in [2.05, 4.69) is 10.5 Å². The maximum Gasteiger partial charge on any atom is 0.387 e. The molecule has 0 bridgehead atoms. The Labute approximate surface area is 168 Å². The lowest BCUT2D eigenvalue weighted by atomic mass is 9.80. The SMILES string of the molecule is FC(F)Oc1ccccc1-c1noc(C2CC2)c1CO[C@@H]1CC[C@H]2CNC[C@H]2C1. The molecule has 3 aliphatic rings. The lowest BCUT2D eigenvalue weighted by molar-refractivity contribution is -0.0494. The fraction of sp³-hybridized carbons (Fsp3) is 0.591. The summed E-state index contributed by atoms with van der Waals surface area (Å²) in [6.45, 7) is -0.293. The molecule has 0 spiro atoms. The Balaban J connectivity index is 1.37. The van der Waals surface area contributed by atoms with Crippen LogP contribution in [0, 0.1) is 11.8 Å². The molecule has 7 heteroatoms. The maximum atomic E-state index is 12.9. The Bertz CT molecular complexity index is 852. The van der Waals surface area contributed by atoms with Gasteiger partial charge in [0.1, 0.15) is 17.2 Å². The van der Waals surface area contributed by atoms with Crippen LogP contribution in [0.15, 0.2) is 28.8 Å². The predicted molar refractivity (Wildman–Crippen MR) is 103 cm³/mol. The van der Waals surface area contributed by atoms with Gasteiger partial charge in [-0.15, -0.1) is 0 Å². The van der Waals surface area contributed by atoms with Crippen LogP contribution in [0.3, 0.4) is 0 Å². The van der Waals surface area contributed by atoms with E-state index in [0.717, 1.165) is 56.0 Å². The first kappa shape index (κ1) is 19.0. The molecule has 2 aromatic rings. The van der Waals surface area contributed by atoms with Crippen molar-refractivity contribution in [3.8, 4) is 17.0 Å². The standard InChI is InChI=1S/C22H26F2N2O3/c23-22(24)28-19-4-2-1-3-17(19)20-18(21(29-26-20)13-5-6-13)12-27-16-8-7-14-10-25-11-15(14)9-16/h1-4,13-16,22,25H,5-12H2/t14-,15+,16+/m0/s1. The largest absolute Gasteiger partial charge is 0.434 e. The summed E-state index contributed by atoms with van der Waals surface area (Å²) in [6, 6.07) is 6.74. The highest BCUT2D eigenvalue weighted by Crippen LogP contribution is 2.45. The van der Waals surface area contributed by atoms with E-state index in [1.54, 1.807) is 18.2 Å². The van der Waals surface area contributed by atoms with E-state index >= 15 is 0 Å². The van der Waals surface area contributed by atoms with Crippen LogP contribution in [0.2, 0.25) is 0 Å². The van der Waals surface area contributed by atoms with Gasteiger partial charge in [-0.05, 0) is 69.2 Å². The third-order valence-electron chi connectivity index (χ3n) is 6.49. The van der Waals surface area contributed by atoms with Gasteiger partial charge in [0.05, 0.1) is 12.7 Å². The number of fused-ring (bicyclic) bond motifs is 1. The van der Waals surface area contributed by atoms with Gasteiger partial charge in [0.25, 0.3) is 0 Å². The number of hydrogen-bond donors (Lipinski definition) is 1. The van der Waals surface area contributed by atoms with Gasteiger partial charge >= 0.3 is 6.61 Å². The fourth-order valence-corrected chi connectivity index (χ4v) is 4.81. The maximum absolute atomic E-state index is 12.9. The van der Waals surface area contributed by atoms with Gasteiger partial charge in [0.15, 0.2) is 0 Å². The molecule has 3 atom stereocenters. The molecule has 2 saturated carbocycles. The second-order valence-electron chi connectivity index (χ2n) is 8.45. The Morgan fingerprint density at radius 2 is 1.93 bits per heavy atom. The van der Waals surface area contributed by atoms with E-state index in [1.807, 2.05) is 0 Å². The second kappa shape index (κ2) is 8.03. The molecule has 2 heterocycles.